The maximum atomic E-state index is 12.4. The van der Waals surface area contributed by atoms with Crippen molar-refractivity contribution < 1.29 is 9.53 Å². The summed E-state index contributed by atoms with van der Waals surface area (Å²) in [4.78, 5) is 14.5. The van der Waals surface area contributed by atoms with Gasteiger partial charge in [-0.05, 0) is 42.0 Å². The molecule has 0 saturated carbocycles. The van der Waals surface area contributed by atoms with E-state index >= 15 is 0 Å². The summed E-state index contributed by atoms with van der Waals surface area (Å²) in [5.41, 5.74) is 1.87. The zero-order valence-electron chi connectivity index (χ0n) is 15.0. The van der Waals surface area contributed by atoms with Crippen LogP contribution in [0.4, 0.5) is 5.69 Å². The highest BCUT2D eigenvalue weighted by molar-refractivity contribution is 5.96. The van der Waals surface area contributed by atoms with E-state index in [4.69, 9.17) is 4.74 Å². The quantitative estimate of drug-likeness (QED) is 0.500. The Labute approximate surface area is 135 Å². The van der Waals surface area contributed by atoms with Gasteiger partial charge in [-0.2, -0.15) is 0 Å². The molecule has 3 nitrogen and oxygen atoms in total. The first-order valence-electron chi connectivity index (χ1n) is 8.09. The number of ketones is 1. The largest absolute Gasteiger partial charge is 0.381 e. The summed E-state index contributed by atoms with van der Waals surface area (Å²) in [5, 5.41) is 0. The lowest BCUT2D eigenvalue weighted by Crippen LogP contribution is -2.20. The lowest BCUT2D eigenvalue weighted by atomic mass is 9.83. The minimum atomic E-state index is -0.0335. The van der Waals surface area contributed by atoms with Crippen molar-refractivity contribution >= 4 is 11.5 Å². The molecule has 0 atom stereocenters. The summed E-state index contributed by atoms with van der Waals surface area (Å²) in [6.07, 6.45) is 1.46. The fourth-order valence-corrected chi connectivity index (χ4v) is 2.24. The Morgan fingerprint density at radius 1 is 1.18 bits per heavy atom. The second-order valence-corrected chi connectivity index (χ2v) is 7.42. The molecule has 0 aromatic heterocycles. The third-order valence-corrected chi connectivity index (χ3v) is 3.72. The van der Waals surface area contributed by atoms with Gasteiger partial charge in [-0.3, -0.25) is 4.79 Å². The summed E-state index contributed by atoms with van der Waals surface area (Å²) in [6, 6.07) is 7.82. The molecule has 0 aliphatic carbocycles. The van der Waals surface area contributed by atoms with E-state index in [0.29, 0.717) is 12.3 Å². The number of ether oxygens (including phenoxy) is 1. The van der Waals surface area contributed by atoms with Crippen LogP contribution in [0.5, 0.6) is 0 Å². The van der Waals surface area contributed by atoms with Crippen molar-refractivity contribution in [2.45, 2.75) is 40.5 Å². The van der Waals surface area contributed by atoms with Crippen molar-refractivity contribution in [2.75, 3.05) is 32.2 Å². The molecular weight excluding hydrogens is 274 g/mol. The van der Waals surface area contributed by atoms with Crippen molar-refractivity contribution in [1.29, 1.82) is 0 Å². The standard InChI is InChI=1S/C19H31NO2/c1-15(2)14-22-12-11-19(3,4)13-18(21)16-7-9-17(10-8-16)20(5)6/h7-10,15H,11-14H2,1-6H3. The first kappa shape index (κ1) is 18.7. The predicted molar refractivity (Wildman–Crippen MR) is 93.8 cm³/mol. The molecule has 0 spiro atoms. The summed E-state index contributed by atoms with van der Waals surface area (Å²) in [7, 11) is 3.99. The second-order valence-electron chi connectivity index (χ2n) is 7.42. The van der Waals surface area contributed by atoms with Crippen LogP contribution >= 0.6 is 0 Å². The summed E-state index contributed by atoms with van der Waals surface area (Å²) in [6.45, 7) is 10.1. The van der Waals surface area contributed by atoms with Crippen LogP contribution in [0.25, 0.3) is 0 Å². The Morgan fingerprint density at radius 3 is 2.27 bits per heavy atom. The molecule has 0 N–H and O–H groups in total. The van der Waals surface area contributed by atoms with Gasteiger partial charge in [0.1, 0.15) is 0 Å². The van der Waals surface area contributed by atoms with Crippen LogP contribution in [-0.4, -0.2) is 33.1 Å². The number of nitrogens with zero attached hydrogens (tertiary/aromatic N) is 1. The van der Waals surface area contributed by atoms with Gasteiger partial charge in [-0.15, -0.1) is 0 Å². The third kappa shape index (κ3) is 6.61. The predicted octanol–water partition coefficient (Wildman–Crippen LogP) is 4.41. The monoisotopic (exact) mass is 305 g/mol. The van der Waals surface area contributed by atoms with Crippen molar-refractivity contribution in [2.24, 2.45) is 11.3 Å². The number of Topliss-reactive ketones (excluding diaryl/α,β-unsaturated/α-hetero) is 1. The zero-order chi connectivity index (χ0) is 16.8. The van der Waals surface area contributed by atoms with Crippen LogP contribution < -0.4 is 4.90 Å². The van der Waals surface area contributed by atoms with E-state index in [0.717, 1.165) is 30.9 Å². The van der Waals surface area contributed by atoms with Gasteiger partial charge in [0.05, 0.1) is 0 Å². The molecule has 0 saturated heterocycles. The van der Waals surface area contributed by atoms with E-state index in [9.17, 15) is 4.79 Å². The van der Waals surface area contributed by atoms with Gasteiger partial charge >= 0.3 is 0 Å². The Morgan fingerprint density at radius 2 is 1.77 bits per heavy atom. The first-order chi connectivity index (χ1) is 10.2. The molecule has 0 fully saturated rings. The normalized spacial score (nSPS) is 11.8. The van der Waals surface area contributed by atoms with Gasteiger partial charge in [0, 0.05) is 45.0 Å². The fourth-order valence-electron chi connectivity index (χ4n) is 2.24. The minimum Gasteiger partial charge on any atom is -0.381 e. The number of anilines is 1. The highest BCUT2D eigenvalue weighted by atomic mass is 16.5. The van der Waals surface area contributed by atoms with Crippen LogP contribution in [0.2, 0.25) is 0 Å². The SMILES string of the molecule is CC(C)COCCC(C)(C)CC(=O)c1ccc(N(C)C)cc1. The van der Waals surface area contributed by atoms with Crippen LogP contribution in [0.15, 0.2) is 24.3 Å². The molecule has 3 heteroatoms. The molecule has 22 heavy (non-hydrogen) atoms. The number of carbonyl (C=O) groups is 1. The number of benzene rings is 1. The zero-order valence-corrected chi connectivity index (χ0v) is 15.0. The lowest BCUT2D eigenvalue weighted by molar-refractivity contribution is 0.0748. The molecule has 0 aliphatic rings. The van der Waals surface area contributed by atoms with Gasteiger partial charge in [0.2, 0.25) is 0 Å². The molecule has 1 aromatic rings. The number of hydrogen-bond acceptors (Lipinski definition) is 3. The van der Waals surface area contributed by atoms with Crippen molar-refractivity contribution in [3.8, 4) is 0 Å². The average Bonchev–Trinajstić information content (AvgIpc) is 2.43. The van der Waals surface area contributed by atoms with E-state index in [-0.39, 0.29) is 11.2 Å². The highest BCUT2D eigenvalue weighted by Crippen LogP contribution is 2.27. The van der Waals surface area contributed by atoms with Crippen LogP contribution in [-0.2, 0) is 4.74 Å². The molecule has 0 unspecified atom stereocenters. The topological polar surface area (TPSA) is 29.5 Å². The van der Waals surface area contributed by atoms with Gasteiger partial charge in [0.25, 0.3) is 0 Å². The van der Waals surface area contributed by atoms with Crippen LogP contribution in [0.3, 0.4) is 0 Å². The third-order valence-electron chi connectivity index (χ3n) is 3.72. The Kier molecular flexibility index (Phi) is 7.08. The van der Waals surface area contributed by atoms with Gasteiger partial charge in [-0.1, -0.05) is 27.7 Å². The molecule has 0 radical (unpaired) electrons. The second kappa shape index (κ2) is 8.33. The molecule has 124 valence electrons. The van der Waals surface area contributed by atoms with E-state index in [1.807, 2.05) is 43.3 Å². The maximum Gasteiger partial charge on any atom is 0.163 e. The summed E-state index contributed by atoms with van der Waals surface area (Å²) in [5.74, 6) is 0.763. The molecule has 0 bridgehead atoms. The van der Waals surface area contributed by atoms with Gasteiger partial charge in [0.15, 0.2) is 5.78 Å². The van der Waals surface area contributed by atoms with Crippen molar-refractivity contribution in [1.82, 2.24) is 0 Å². The van der Waals surface area contributed by atoms with Crippen LogP contribution in [0.1, 0.15) is 50.9 Å². The fraction of sp³-hybridized carbons (Fsp3) is 0.632. The number of carbonyl (C=O) groups excluding carboxylic acids is 1. The average molecular weight is 305 g/mol. The molecular formula is C19H31NO2. The Balaban J connectivity index is 2.51. The first-order valence-corrected chi connectivity index (χ1v) is 8.09. The molecule has 1 aromatic carbocycles. The highest BCUT2D eigenvalue weighted by Gasteiger charge is 2.22. The maximum absolute atomic E-state index is 12.4. The lowest BCUT2D eigenvalue weighted by Gasteiger charge is -2.24. The van der Waals surface area contributed by atoms with Crippen molar-refractivity contribution in [3.63, 3.8) is 0 Å². The Bertz CT molecular complexity index is 461. The number of hydrogen-bond donors (Lipinski definition) is 0. The smallest absolute Gasteiger partial charge is 0.163 e. The molecule has 1 rings (SSSR count). The summed E-state index contributed by atoms with van der Waals surface area (Å²) >= 11 is 0. The van der Waals surface area contributed by atoms with E-state index in [2.05, 4.69) is 27.7 Å². The molecule has 0 heterocycles. The van der Waals surface area contributed by atoms with Crippen LogP contribution in [0, 0.1) is 11.3 Å². The summed E-state index contributed by atoms with van der Waals surface area (Å²) < 4.78 is 5.64. The minimum absolute atomic E-state index is 0.0335. The Hall–Kier alpha value is -1.35. The van der Waals surface area contributed by atoms with E-state index in [1.54, 1.807) is 0 Å². The van der Waals surface area contributed by atoms with Gasteiger partial charge in [-0.25, -0.2) is 0 Å². The van der Waals surface area contributed by atoms with Gasteiger partial charge < -0.3 is 9.64 Å². The van der Waals surface area contributed by atoms with E-state index < -0.39 is 0 Å². The van der Waals surface area contributed by atoms with Crippen molar-refractivity contribution in [3.05, 3.63) is 29.8 Å². The van der Waals surface area contributed by atoms with E-state index in [1.165, 1.54) is 0 Å². The number of rotatable bonds is 9. The molecule has 0 aliphatic heterocycles. The molecule has 0 amide bonds.